The van der Waals surface area contributed by atoms with Crippen molar-refractivity contribution in [3.63, 3.8) is 0 Å². The molecule has 0 aromatic heterocycles. The molecule has 0 spiro atoms. The van der Waals surface area contributed by atoms with Crippen molar-refractivity contribution in [3.8, 4) is 0 Å². The van der Waals surface area contributed by atoms with Crippen LogP contribution in [0.4, 0.5) is 8.78 Å². The van der Waals surface area contributed by atoms with Crippen LogP contribution in [-0.2, 0) is 4.74 Å². The first-order chi connectivity index (χ1) is 9.49. The van der Waals surface area contributed by atoms with E-state index in [9.17, 15) is 8.78 Å². The van der Waals surface area contributed by atoms with Crippen LogP contribution in [-0.4, -0.2) is 36.7 Å². The van der Waals surface area contributed by atoms with E-state index in [1.165, 1.54) is 6.07 Å². The van der Waals surface area contributed by atoms with Crippen LogP contribution in [0.2, 0.25) is 0 Å². The topological polar surface area (TPSA) is 38.5 Å². The van der Waals surface area contributed by atoms with Crippen LogP contribution in [0.15, 0.2) is 18.2 Å². The molecule has 1 aromatic rings. The summed E-state index contributed by atoms with van der Waals surface area (Å²) < 4.78 is 31.8. The van der Waals surface area contributed by atoms with Gasteiger partial charge in [0.05, 0.1) is 13.2 Å². The molecule has 0 amide bonds. The molecule has 2 atom stereocenters. The summed E-state index contributed by atoms with van der Waals surface area (Å²) in [6, 6.07) is 3.53. The summed E-state index contributed by atoms with van der Waals surface area (Å²) in [7, 11) is 0. The Morgan fingerprint density at radius 2 is 1.95 bits per heavy atom. The first-order valence-electron chi connectivity index (χ1n) is 7.02. The van der Waals surface area contributed by atoms with Crippen molar-refractivity contribution in [2.24, 2.45) is 5.73 Å². The second-order valence-electron chi connectivity index (χ2n) is 5.46. The van der Waals surface area contributed by atoms with E-state index in [0.29, 0.717) is 18.8 Å². The Morgan fingerprint density at radius 1 is 1.30 bits per heavy atom. The Kier molecular flexibility index (Phi) is 4.73. The molecule has 0 bridgehead atoms. The number of halogens is 2. The molecule has 2 unspecified atom stereocenters. The molecule has 1 fully saturated rings. The van der Waals surface area contributed by atoms with Crippen molar-refractivity contribution in [3.05, 3.63) is 35.4 Å². The Bertz CT molecular complexity index is 463. The zero-order chi connectivity index (χ0) is 14.8. The van der Waals surface area contributed by atoms with Gasteiger partial charge in [-0.3, -0.25) is 4.90 Å². The molecule has 1 saturated heterocycles. The van der Waals surface area contributed by atoms with E-state index < -0.39 is 11.6 Å². The highest BCUT2D eigenvalue weighted by molar-refractivity contribution is 5.24. The summed E-state index contributed by atoms with van der Waals surface area (Å²) in [5, 5.41) is 0. The van der Waals surface area contributed by atoms with Crippen molar-refractivity contribution in [2.45, 2.75) is 31.8 Å². The molecule has 1 heterocycles. The Balaban J connectivity index is 2.26. The van der Waals surface area contributed by atoms with Crippen LogP contribution in [0.1, 0.15) is 31.9 Å². The maximum atomic E-state index is 13.4. The lowest BCUT2D eigenvalue weighted by Gasteiger charge is -2.46. The van der Waals surface area contributed by atoms with E-state index in [2.05, 4.69) is 18.7 Å². The van der Waals surface area contributed by atoms with Crippen LogP contribution in [0.25, 0.3) is 0 Å². The van der Waals surface area contributed by atoms with Crippen LogP contribution in [0.3, 0.4) is 0 Å². The number of nitrogens with zero attached hydrogens (tertiary/aromatic N) is 1. The van der Waals surface area contributed by atoms with Crippen LogP contribution < -0.4 is 5.73 Å². The van der Waals surface area contributed by atoms with Gasteiger partial charge < -0.3 is 10.5 Å². The van der Waals surface area contributed by atoms with Gasteiger partial charge in [-0.25, -0.2) is 8.78 Å². The van der Waals surface area contributed by atoms with Gasteiger partial charge in [0.15, 0.2) is 11.6 Å². The van der Waals surface area contributed by atoms with Crippen molar-refractivity contribution in [2.75, 3.05) is 26.3 Å². The van der Waals surface area contributed by atoms with E-state index >= 15 is 0 Å². The zero-order valence-corrected chi connectivity index (χ0v) is 12.0. The third-order valence-corrected chi connectivity index (χ3v) is 4.42. The SMILES string of the molecule is CCC(C)(C(N)c1ccc(F)c(F)c1)N1CCOCC1. The molecule has 1 aliphatic heterocycles. The maximum absolute atomic E-state index is 13.4. The third kappa shape index (κ3) is 2.85. The number of rotatable bonds is 4. The normalized spacial score (nSPS) is 21.4. The molecule has 0 radical (unpaired) electrons. The van der Waals surface area contributed by atoms with E-state index in [1.54, 1.807) is 6.07 Å². The summed E-state index contributed by atoms with van der Waals surface area (Å²) in [5.41, 5.74) is 6.69. The Hall–Kier alpha value is -1.04. The number of morpholine rings is 1. The molecule has 1 aliphatic rings. The third-order valence-electron chi connectivity index (χ3n) is 4.42. The minimum Gasteiger partial charge on any atom is -0.379 e. The lowest BCUT2D eigenvalue weighted by molar-refractivity contribution is -0.0278. The Labute approximate surface area is 118 Å². The predicted octanol–water partition coefficient (Wildman–Crippen LogP) is 2.47. The van der Waals surface area contributed by atoms with Crippen LogP contribution in [0, 0.1) is 11.6 Å². The number of nitrogens with two attached hydrogens (primary N) is 1. The van der Waals surface area contributed by atoms with E-state index in [0.717, 1.165) is 25.6 Å². The van der Waals surface area contributed by atoms with Crippen molar-refractivity contribution >= 4 is 0 Å². The number of benzene rings is 1. The standard InChI is InChI=1S/C15H22F2N2O/c1-3-15(2,19-6-8-20-9-7-19)14(18)11-4-5-12(16)13(17)10-11/h4-5,10,14H,3,6-9,18H2,1-2H3. The van der Waals surface area contributed by atoms with Crippen molar-refractivity contribution in [1.29, 1.82) is 0 Å². The molecule has 2 N–H and O–H groups in total. The van der Waals surface area contributed by atoms with Crippen LogP contribution >= 0.6 is 0 Å². The first kappa shape index (κ1) is 15.4. The average molecular weight is 284 g/mol. The molecular weight excluding hydrogens is 262 g/mol. The van der Waals surface area contributed by atoms with Gasteiger partial charge in [-0.2, -0.15) is 0 Å². The summed E-state index contributed by atoms with van der Waals surface area (Å²) >= 11 is 0. The number of hydrogen-bond donors (Lipinski definition) is 1. The summed E-state index contributed by atoms with van der Waals surface area (Å²) in [5.74, 6) is -1.69. The minimum absolute atomic E-state index is 0.298. The summed E-state index contributed by atoms with van der Waals surface area (Å²) in [6.45, 7) is 7.11. The molecule has 20 heavy (non-hydrogen) atoms. The van der Waals surface area contributed by atoms with E-state index in [1.807, 2.05) is 0 Å². The maximum Gasteiger partial charge on any atom is 0.159 e. The zero-order valence-electron chi connectivity index (χ0n) is 12.0. The first-order valence-corrected chi connectivity index (χ1v) is 7.02. The molecule has 0 saturated carbocycles. The number of hydrogen-bond acceptors (Lipinski definition) is 3. The molecule has 5 heteroatoms. The predicted molar refractivity (Wildman–Crippen MR) is 74.4 cm³/mol. The van der Waals surface area contributed by atoms with E-state index in [-0.39, 0.29) is 11.6 Å². The van der Waals surface area contributed by atoms with Gasteiger partial charge in [-0.15, -0.1) is 0 Å². The van der Waals surface area contributed by atoms with E-state index in [4.69, 9.17) is 10.5 Å². The van der Waals surface area contributed by atoms with Crippen molar-refractivity contribution in [1.82, 2.24) is 4.90 Å². The summed E-state index contributed by atoms with van der Waals surface area (Å²) in [4.78, 5) is 2.28. The summed E-state index contributed by atoms with van der Waals surface area (Å²) in [6.07, 6.45) is 0.827. The lowest BCUT2D eigenvalue weighted by Crippen LogP contribution is -2.56. The molecule has 3 nitrogen and oxygen atoms in total. The smallest absolute Gasteiger partial charge is 0.159 e. The fourth-order valence-electron chi connectivity index (χ4n) is 2.78. The van der Waals surface area contributed by atoms with Gasteiger partial charge in [0.1, 0.15) is 0 Å². The molecule has 2 rings (SSSR count). The second-order valence-corrected chi connectivity index (χ2v) is 5.46. The molecule has 1 aromatic carbocycles. The van der Waals surface area contributed by atoms with Crippen LogP contribution in [0.5, 0.6) is 0 Å². The van der Waals surface area contributed by atoms with Crippen molar-refractivity contribution < 1.29 is 13.5 Å². The lowest BCUT2D eigenvalue weighted by atomic mass is 9.83. The highest BCUT2D eigenvalue weighted by Crippen LogP contribution is 2.33. The molecule has 0 aliphatic carbocycles. The fourth-order valence-corrected chi connectivity index (χ4v) is 2.78. The fraction of sp³-hybridized carbons (Fsp3) is 0.600. The Morgan fingerprint density at radius 3 is 2.50 bits per heavy atom. The van der Waals surface area contributed by atoms with Gasteiger partial charge in [-0.1, -0.05) is 13.0 Å². The largest absolute Gasteiger partial charge is 0.379 e. The second kappa shape index (κ2) is 6.16. The minimum atomic E-state index is -0.849. The average Bonchev–Trinajstić information content (AvgIpc) is 2.49. The highest BCUT2D eigenvalue weighted by atomic mass is 19.2. The van der Waals surface area contributed by atoms with Gasteiger partial charge >= 0.3 is 0 Å². The van der Waals surface area contributed by atoms with Gasteiger partial charge in [0, 0.05) is 24.7 Å². The molecular formula is C15H22F2N2O. The van der Waals surface area contributed by atoms with Gasteiger partial charge in [0.2, 0.25) is 0 Å². The molecule has 112 valence electrons. The number of ether oxygens (including phenoxy) is 1. The van der Waals surface area contributed by atoms with Gasteiger partial charge in [0.25, 0.3) is 0 Å². The van der Waals surface area contributed by atoms with Gasteiger partial charge in [-0.05, 0) is 31.0 Å². The monoisotopic (exact) mass is 284 g/mol. The highest BCUT2D eigenvalue weighted by Gasteiger charge is 2.38. The quantitative estimate of drug-likeness (QED) is 0.923.